The van der Waals surface area contributed by atoms with Crippen molar-refractivity contribution < 1.29 is 8.78 Å². The molecule has 0 aliphatic rings. The fraction of sp³-hybridized carbons (Fsp3) is 0.600. The van der Waals surface area contributed by atoms with Crippen molar-refractivity contribution in [3.05, 3.63) is 35.4 Å². The topological polar surface area (TPSA) is 12.0 Å². The monoisotopic (exact) mass is 255 g/mol. The van der Waals surface area contributed by atoms with Crippen LogP contribution >= 0.6 is 0 Å². The van der Waals surface area contributed by atoms with Crippen LogP contribution in [-0.4, -0.2) is 13.1 Å². The summed E-state index contributed by atoms with van der Waals surface area (Å²) < 4.78 is 26.4. The molecule has 0 atom stereocenters. The molecule has 0 amide bonds. The van der Waals surface area contributed by atoms with E-state index in [1.165, 1.54) is 12.1 Å². The van der Waals surface area contributed by atoms with Crippen LogP contribution in [0.15, 0.2) is 18.2 Å². The van der Waals surface area contributed by atoms with Crippen molar-refractivity contribution >= 4 is 0 Å². The Balaban J connectivity index is 2.61. The second-order valence-corrected chi connectivity index (χ2v) is 5.89. The maximum absolute atomic E-state index is 13.2. The summed E-state index contributed by atoms with van der Waals surface area (Å²) in [5.74, 6) is -0.402. The van der Waals surface area contributed by atoms with Gasteiger partial charge in [0.1, 0.15) is 11.6 Å². The molecular formula is C15H23F2N. The summed E-state index contributed by atoms with van der Waals surface area (Å²) >= 11 is 0. The maximum Gasteiger partial charge on any atom is 0.126 e. The van der Waals surface area contributed by atoms with E-state index in [2.05, 4.69) is 19.2 Å². The molecule has 1 rings (SSSR count). The molecule has 0 saturated heterocycles. The summed E-state index contributed by atoms with van der Waals surface area (Å²) in [5, 5.41) is 3.35. The van der Waals surface area contributed by atoms with Gasteiger partial charge in [-0.05, 0) is 48.5 Å². The third-order valence-corrected chi connectivity index (χ3v) is 3.12. The molecule has 0 radical (unpaired) electrons. The molecule has 0 unspecified atom stereocenters. The van der Waals surface area contributed by atoms with Gasteiger partial charge in [-0.25, -0.2) is 8.78 Å². The SMILES string of the molecule is CC(C)CNCCC(C)(C)c1cc(F)cc(F)c1. The highest BCUT2D eigenvalue weighted by Gasteiger charge is 2.21. The van der Waals surface area contributed by atoms with E-state index in [1.54, 1.807) is 0 Å². The molecule has 0 fully saturated rings. The second kappa shape index (κ2) is 6.28. The number of hydrogen-bond acceptors (Lipinski definition) is 1. The number of hydrogen-bond donors (Lipinski definition) is 1. The Morgan fingerprint density at radius 1 is 1.11 bits per heavy atom. The molecule has 18 heavy (non-hydrogen) atoms. The number of nitrogens with one attached hydrogen (secondary N) is 1. The predicted molar refractivity (Wildman–Crippen MR) is 71.7 cm³/mol. The van der Waals surface area contributed by atoms with Gasteiger partial charge in [0.25, 0.3) is 0 Å². The van der Waals surface area contributed by atoms with Gasteiger partial charge < -0.3 is 5.32 Å². The predicted octanol–water partition coefficient (Wildman–Crippen LogP) is 3.88. The van der Waals surface area contributed by atoms with Gasteiger partial charge in [-0.15, -0.1) is 0 Å². The van der Waals surface area contributed by atoms with E-state index in [9.17, 15) is 8.78 Å². The molecule has 102 valence electrons. The zero-order chi connectivity index (χ0) is 13.8. The second-order valence-electron chi connectivity index (χ2n) is 5.89. The van der Waals surface area contributed by atoms with E-state index < -0.39 is 11.6 Å². The fourth-order valence-electron chi connectivity index (χ4n) is 1.88. The van der Waals surface area contributed by atoms with Crippen LogP contribution in [0.2, 0.25) is 0 Å². The number of halogens is 2. The molecule has 0 spiro atoms. The van der Waals surface area contributed by atoms with Crippen LogP contribution in [0.3, 0.4) is 0 Å². The number of benzene rings is 1. The molecule has 0 bridgehead atoms. The summed E-state index contributed by atoms with van der Waals surface area (Å²) in [6, 6.07) is 3.76. The van der Waals surface area contributed by atoms with Crippen LogP contribution in [0, 0.1) is 17.6 Å². The van der Waals surface area contributed by atoms with Crippen molar-refractivity contribution in [2.24, 2.45) is 5.92 Å². The highest BCUT2D eigenvalue weighted by Crippen LogP contribution is 2.27. The molecule has 3 heteroatoms. The minimum absolute atomic E-state index is 0.229. The van der Waals surface area contributed by atoms with Crippen LogP contribution in [0.4, 0.5) is 8.78 Å². The van der Waals surface area contributed by atoms with Crippen molar-refractivity contribution in [1.29, 1.82) is 0 Å². The first-order valence-electron chi connectivity index (χ1n) is 6.48. The average molecular weight is 255 g/mol. The van der Waals surface area contributed by atoms with Crippen LogP contribution in [0.5, 0.6) is 0 Å². The minimum atomic E-state index is -0.506. The normalized spacial score (nSPS) is 12.2. The number of rotatable bonds is 6. The highest BCUT2D eigenvalue weighted by atomic mass is 19.1. The van der Waals surface area contributed by atoms with Crippen molar-refractivity contribution in [3.8, 4) is 0 Å². The van der Waals surface area contributed by atoms with Gasteiger partial charge >= 0.3 is 0 Å². The van der Waals surface area contributed by atoms with Gasteiger partial charge in [0.2, 0.25) is 0 Å². The van der Waals surface area contributed by atoms with E-state index >= 15 is 0 Å². The average Bonchev–Trinajstić information content (AvgIpc) is 2.23. The van der Waals surface area contributed by atoms with Gasteiger partial charge in [0.05, 0.1) is 0 Å². The molecule has 1 aromatic carbocycles. The van der Waals surface area contributed by atoms with Gasteiger partial charge in [0.15, 0.2) is 0 Å². The third kappa shape index (κ3) is 4.73. The zero-order valence-corrected chi connectivity index (χ0v) is 11.7. The van der Waals surface area contributed by atoms with Gasteiger partial charge in [-0.3, -0.25) is 0 Å². The molecule has 0 aliphatic heterocycles. The summed E-state index contributed by atoms with van der Waals surface area (Å²) in [5.41, 5.74) is 0.485. The van der Waals surface area contributed by atoms with Crippen LogP contribution in [0.1, 0.15) is 39.7 Å². The lowest BCUT2D eigenvalue weighted by Crippen LogP contribution is -2.27. The standard InChI is InChI=1S/C15H23F2N/c1-11(2)10-18-6-5-15(3,4)12-7-13(16)9-14(17)8-12/h7-9,11,18H,5-6,10H2,1-4H3. The molecule has 0 heterocycles. The highest BCUT2D eigenvalue weighted by molar-refractivity contribution is 5.25. The summed E-state index contributed by atoms with van der Waals surface area (Å²) in [4.78, 5) is 0. The molecular weight excluding hydrogens is 232 g/mol. The maximum atomic E-state index is 13.2. The van der Waals surface area contributed by atoms with Gasteiger partial charge in [-0.2, -0.15) is 0 Å². The Labute approximate surface area is 109 Å². The van der Waals surface area contributed by atoms with E-state index in [0.717, 1.165) is 25.6 Å². The van der Waals surface area contributed by atoms with Crippen LogP contribution < -0.4 is 5.32 Å². The lowest BCUT2D eigenvalue weighted by atomic mass is 9.81. The Bertz CT molecular complexity index is 366. The minimum Gasteiger partial charge on any atom is -0.316 e. The largest absolute Gasteiger partial charge is 0.316 e. The van der Waals surface area contributed by atoms with E-state index in [1.807, 2.05) is 13.8 Å². The summed E-state index contributed by atoms with van der Waals surface area (Å²) in [6.07, 6.45) is 0.850. The first-order valence-corrected chi connectivity index (χ1v) is 6.48. The quantitative estimate of drug-likeness (QED) is 0.761. The lowest BCUT2D eigenvalue weighted by molar-refractivity contribution is 0.437. The van der Waals surface area contributed by atoms with Crippen molar-refractivity contribution in [2.45, 2.75) is 39.5 Å². The Morgan fingerprint density at radius 3 is 2.17 bits per heavy atom. The first kappa shape index (κ1) is 15.1. The smallest absolute Gasteiger partial charge is 0.126 e. The lowest BCUT2D eigenvalue weighted by Gasteiger charge is -2.26. The van der Waals surface area contributed by atoms with E-state index in [-0.39, 0.29) is 5.41 Å². The first-order chi connectivity index (χ1) is 8.31. The Kier molecular flexibility index (Phi) is 5.27. The van der Waals surface area contributed by atoms with Crippen LogP contribution in [-0.2, 0) is 5.41 Å². The molecule has 0 saturated carbocycles. The molecule has 0 aromatic heterocycles. The van der Waals surface area contributed by atoms with Crippen molar-refractivity contribution in [3.63, 3.8) is 0 Å². The van der Waals surface area contributed by atoms with Crippen molar-refractivity contribution in [1.82, 2.24) is 5.32 Å². The van der Waals surface area contributed by atoms with Gasteiger partial charge in [-0.1, -0.05) is 27.7 Å². The molecule has 1 aromatic rings. The molecule has 1 N–H and O–H groups in total. The molecule has 0 aliphatic carbocycles. The molecule has 1 nitrogen and oxygen atoms in total. The summed E-state index contributed by atoms with van der Waals surface area (Å²) in [6.45, 7) is 10.1. The third-order valence-electron chi connectivity index (χ3n) is 3.12. The Morgan fingerprint density at radius 2 is 1.67 bits per heavy atom. The fourth-order valence-corrected chi connectivity index (χ4v) is 1.88. The Hall–Kier alpha value is -0.960. The van der Waals surface area contributed by atoms with E-state index in [0.29, 0.717) is 11.5 Å². The van der Waals surface area contributed by atoms with E-state index in [4.69, 9.17) is 0 Å². The van der Waals surface area contributed by atoms with Crippen LogP contribution in [0.25, 0.3) is 0 Å². The summed E-state index contributed by atoms with van der Waals surface area (Å²) in [7, 11) is 0. The van der Waals surface area contributed by atoms with Gasteiger partial charge in [0, 0.05) is 6.07 Å². The zero-order valence-electron chi connectivity index (χ0n) is 11.7. The van der Waals surface area contributed by atoms with Crippen molar-refractivity contribution in [2.75, 3.05) is 13.1 Å².